The Morgan fingerprint density at radius 1 is 1.15 bits per heavy atom. The number of hydrogen-bond donors (Lipinski definition) is 0. The molecule has 4 heterocycles. The highest BCUT2D eigenvalue weighted by atomic mass is 16.5. The van der Waals surface area contributed by atoms with Gasteiger partial charge in [0.1, 0.15) is 6.54 Å². The minimum absolute atomic E-state index is 0.0381. The fourth-order valence-electron chi connectivity index (χ4n) is 3.90. The zero-order valence-corrected chi connectivity index (χ0v) is 14.5. The molecule has 2 amide bonds. The molecule has 2 aromatic heterocycles. The van der Waals surface area contributed by atoms with Crippen LogP contribution in [-0.4, -0.2) is 46.4 Å². The van der Waals surface area contributed by atoms with Crippen molar-refractivity contribution in [1.82, 2.24) is 15.0 Å². The number of nitrogens with zero attached hydrogens (tertiary/aromatic N) is 3. The lowest BCUT2D eigenvalue weighted by Gasteiger charge is -2.44. The third-order valence-corrected chi connectivity index (χ3v) is 5.23. The first-order valence-corrected chi connectivity index (χ1v) is 8.88. The van der Waals surface area contributed by atoms with E-state index in [2.05, 4.69) is 11.2 Å². The highest BCUT2D eigenvalue weighted by Gasteiger charge is 2.39. The Labute approximate surface area is 155 Å². The van der Waals surface area contributed by atoms with Crippen molar-refractivity contribution in [3.8, 4) is 11.5 Å². The monoisotopic (exact) mass is 363 g/mol. The normalized spacial score (nSPS) is 19.0. The second kappa shape index (κ2) is 6.12. The summed E-state index contributed by atoms with van der Waals surface area (Å²) in [5, 5.41) is 3.87. The molecule has 0 aliphatic carbocycles. The van der Waals surface area contributed by atoms with Gasteiger partial charge in [-0.25, -0.2) is 0 Å². The minimum atomic E-state index is -0.312. The minimum Gasteiger partial charge on any atom is -0.461 e. The molecule has 3 aromatic rings. The molecule has 7 heteroatoms. The average Bonchev–Trinajstić information content (AvgIpc) is 3.38. The molecule has 136 valence electrons. The first-order valence-electron chi connectivity index (χ1n) is 8.88. The molecule has 0 N–H and O–H groups in total. The molecular weight excluding hydrogens is 346 g/mol. The molecule has 1 aromatic carbocycles. The molecule has 1 atom stereocenters. The molecular formula is C20H17N3O4. The van der Waals surface area contributed by atoms with Gasteiger partial charge in [0.2, 0.25) is 11.7 Å². The molecule has 7 nitrogen and oxygen atoms in total. The van der Waals surface area contributed by atoms with Crippen LogP contribution in [0.1, 0.15) is 27.7 Å². The van der Waals surface area contributed by atoms with Crippen molar-refractivity contribution in [3.63, 3.8) is 0 Å². The average molecular weight is 363 g/mol. The number of benzene rings is 1. The van der Waals surface area contributed by atoms with Crippen LogP contribution in [0.15, 0.2) is 57.7 Å². The summed E-state index contributed by atoms with van der Waals surface area (Å²) < 4.78 is 10.5. The fraction of sp³-hybridized carbons (Fsp3) is 0.250. The molecule has 5 rings (SSSR count). The van der Waals surface area contributed by atoms with Crippen LogP contribution >= 0.6 is 0 Å². The lowest BCUT2D eigenvalue weighted by atomic mass is 9.90. The van der Waals surface area contributed by atoms with Gasteiger partial charge in [-0.1, -0.05) is 29.4 Å². The van der Waals surface area contributed by atoms with Crippen molar-refractivity contribution < 1.29 is 18.5 Å². The van der Waals surface area contributed by atoms with Crippen molar-refractivity contribution >= 4 is 11.8 Å². The van der Waals surface area contributed by atoms with Crippen LogP contribution < -0.4 is 0 Å². The van der Waals surface area contributed by atoms with E-state index in [9.17, 15) is 9.59 Å². The van der Waals surface area contributed by atoms with Crippen LogP contribution in [-0.2, 0) is 11.2 Å². The van der Waals surface area contributed by atoms with Gasteiger partial charge in [-0.2, -0.15) is 0 Å². The van der Waals surface area contributed by atoms with Gasteiger partial charge in [0.15, 0.2) is 11.5 Å². The Morgan fingerprint density at radius 3 is 2.89 bits per heavy atom. The Morgan fingerprint density at radius 2 is 2.04 bits per heavy atom. The third-order valence-electron chi connectivity index (χ3n) is 5.23. The second-order valence-electron chi connectivity index (χ2n) is 6.79. The third kappa shape index (κ3) is 2.63. The largest absolute Gasteiger partial charge is 0.461 e. The SMILES string of the molecule is O=C(c1cc(-c2ccco2)on1)N1CC(=O)N2CCc3ccccc3C2C1. The number of hydrogen-bond acceptors (Lipinski definition) is 5. The van der Waals surface area contributed by atoms with Crippen molar-refractivity contribution in [2.75, 3.05) is 19.6 Å². The molecule has 1 saturated heterocycles. The summed E-state index contributed by atoms with van der Waals surface area (Å²) in [6.45, 7) is 1.19. The Hall–Kier alpha value is -3.35. The molecule has 0 saturated carbocycles. The summed E-state index contributed by atoms with van der Waals surface area (Å²) in [5.74, 6) is 0.538. The van der Waals surface area contributed by atoms with Crippen LogP contribution in [0.3, 0.4) is 0 Å². The first-order chi connectivity index (χ1) is 13.2. The molecule has 2 aliphatic heterocycles. The zero-order chi connectivity index (χ0) is 18.4. The van der Waals surface area contributed by atoms with E-state index in [1.54, 1.807) is 23.1 Å². The smallest absolute Gasteiger partial charge is 0.276 e. The fourth-order valence-corrected chi connectivity index (χ4v) is 3.90. The van der Waals surface area contributed by atoms with Gasteiger partial charge in [-0.05, 0) is 29.7 Å². The van der Waals surface area contributed by atoms with Gasteiger partial charge in [-0.15, -0.1) is 0 Å². The maximum absolute atomic E-state index is 12.9. The molecule has 1 unspecified atom stereocenters. The van der Waals surface area contributed by atoms with E-state index in [-0.39, 0.29) is 30.1 Å². The summed E-state index contributed by atoms with van der Waals surface area (Å²) in [5.41, 5.74) is 2.53. The predicted molar refractivity (Wildman–Crippen MR) is 94.7 cm³/mol. The van der Waals surface area contributed by atoms with Gasteiger partial charge >= 0.3 is 0 Å². The number of carbonyl (C=O) groups excluding carboxylic acids is 2. The predicted octanol–water partition coefficient (Wildman–Crippen LogP) is 2.52. The highest BCUT2D eigenvalue weighted by molar-refractivity contribution is 5.96. The van der Waals surface area contributed by atoms with E-state index in [1.165, 1.54) is 11.8 Å². The number of furan rings is 1. The first kappa shape index (κ1) is 15.9. The van der Waals surface area contributed by atoms with Crippen molar-refractivity contribution in [2.24, 2.45) is 0 Å². The maximum Gasteiger partial charge on any atom is 0.276 e. The number of aromatic nitrogens is 1. The number of piperazine rings is 1. The van der Waals surface area contributed by atoms with Crippen LogP contribution in [0.5, 0.6) is 0 Å². The topological polar surface area (TPSA) is 79.8 Å². The molecule has 0 radical (unpaired) electrons. The van der Waals surface area contributed by atoms with E-state index in [0.29, 0.717) is 24.6 Å². The summed E-state index contributed by atoms with van der Waals surface area (Å²) in [6, 6.07) is 13.0. The van der Waals surface area contributed by atoms with E-state index in [1.807, 2.05) is 23.1 Å². The van der Waals surface area contributed by atoms with Crippen molar-refractivity contribution in [1.29, 1.82) is 0 Å². The van der Waals surface area contributed by atoms with Gasteiger partial charge < -0.3 is 18.7 Å². The lowest BCUT2D eigenvalue weighted by Crippen LogP contribution is -2.55. The summed E-state index contributed by atoms with van der Waals surface area (Å²) >= 11 is 0. The van der Waals surface area contributed by atoms with E-state index in [0.717, 1.165) is 12.0 Å². The standard InChI is InChI=1S/C20H17N3O4/c24-19-12-22(11-16-14-5-2-1-4-13(14)7-8-23(16)19)20(25)15-10-18(27-21-15)17-6-3-9-26-17/h1-6,9-10,16H,7-8,11-12H2. The Balaban J connectivity index is 1.42. The Bertz CT molecular complexity index is 1010. The van der Waals surface area contributed by atoms with E-state index >= 15 is 0 Å². The van der Waals surface area contributed by atoms with Crippen LogP contribution in [0.25, 0.3) is 11.5 Å². The van der Waals surface area contributed by atoms with E-state index < -0.39 is 0 Å². The quantitative estimate of drug-likeness (QED) is 0.699. The molecule has 1 fully saturated rings. The lowest BCUT2D eigenvalue weighted by molar-refractivity contribution is -0.139. The maximum atomic E-state index is 12.9. The van der Waals surface area contributed by atoms with Crippen molar-refractivity contribution in [2.45, 2.75) is 12.5 Å². The highest BCUT2D eigenvalue weighted by Crippen LogP contribution is 2.33. The zero-order valence-electron chi connectivity index (χ0n) is 14.5. The van der Waals surface area contributed by atoms with Gasteiger partial charge in [0.25, 0.3) is 5.91 Å². The summed E-state index contributed by atoms with van der Waals surface area (Å²) in [6.07, 6.45) is 2.37. The van der Waals surface area contributed by atoms with Crippen LogP contribution in [0, 0.1) is 0 Å². The second-order valence-corrected chi connectivity index (χ2v) is 6.79. The molecule has 0 bridgehead atoms. The molecule has 0 spiro atoms. The molecule has 2 aliphatic rings. The van der Waals surface area contributed by atoms with Crippen molar-refractivity contribution in [3.05, 3.63) is 65.5 Å². The number of carbonyl (C=O) groups is 2. The van der Waals surface area contributed by atoms with Gasteiger partial charge in [0.05, 0.1) is 12.3 Å². The number of amides is 2. The summed E-state index contributed by atoms with van der Waals surface area (Å²) in [4.78, 5) is 29.0. The summed E-state index contributed by atoms with van der Waals surface area (Å²) in [7, 11) is 0. The van der Waals surface area contributed by atoms with E-state index in [4.69, 9.17) is 8.94 Å². The van der Waals surface area contributed by atoms with Crippen LogP contribution in [0.4, 0.5) is 0 Å². The van der Waals surface area contributed by atoms with Gasteiger partial charge in [-0.3, -0.25) is 9.59 Å². The molecule has 27 heavy (non-hydrogen) atoms. The Kier molecular flexibility index (Phi) is 3.60. The number of fused-ring (bicyclic) bond motifs is 3. The van der Waals surface area contributed by atoms with Gasteiger partial charge in [0, 0.05) is 19.2 Å². The number of rotatable bonds is 2. The van der Waals surface area contributed by atoms with Crippen LogP contribution in [0.2, 0.25) is 0 Å².